The van der Waals surface area contributed by atoms with E-state index in [1.807, 2.05) is 55.5 Å². The second-order valence-corrected chi connectivity index (χ2v) is 4.85. The molecule has 21 heavy (non-hydrogen) atoms. The third-order valence-corrected chi connectivity index (χ3v) is 3.01. The van der Waals surface area contributed by atoms with Crippen molar-refractivity contribution in [2.24, 2.45) is 0 Å². The van der Waals surface area contributed by atoms with Gasteiger partial charge in [0.15, 0.2) is 5.78 Å². The number of amides is 1. The van der Waals surface area contributed by atoms with E-state index in [0.717, 1.165) is 11.1 Å². The van der Waals surface area contributed by atoms with Crippen molar-refractivity contribution in [3.05, 3.63) is 71.3 Å². The Kier molecular flexibility index (Phi) is 4.67. The lowest BCUT2D eigenvalue weighted by Crippen LogP contribution is -2.18. The Morgan fingerprint density at radius 2 is 1.71 bits per heavy atom. The number of carbonyl (C=O) groups excluding carboxylic acids is 2. The van der Waals surface area contributed by atoms with E-state index in [9.17, 15) is 9.59 Å². The summed E-state index contributed by atoms with van der Waals surface area (Å²) in [5.41, 5.74) is 2.69. The van der Waals surface area contributed by atoms with Crippen LogP contribution in [0.2, 0.25) is 0 Å². The first-order valence-corrected chi connectivity index (χ1v) is 6.72. The van der Waals surface area contributed by atoms with Gasteiger partial charge in [-0.1, -0.05) is 42.5 Å². The minimum Gasteiger partial charge on any atom is -0.322 e. The van der Waals surface area contributed by atoms with Gasteiger partial charge in [-0.05, 0) is 43.2 Å². The number of carbonyl (C=O) groups is 2. The highest BCUT2D eigenvalue weighted by atomic mass is 16.2. The lowest BCUT2D eigenvalue weighted by atomic mass is 10.1. The van der Waals surface area contributed by atoms with Gasteiger partial charge in [0.05, 0.1) is 5.57 Å². The predicted molar refractivity (Wildman–Crippen MR) is 84.9 cm³/mol. The van der Waals surface area contributed by atoms with Gasteiger partial charge in [0.2, 0.25) is 0 Å². The lowest BCUT2D eigenvalue weighted by molar-refractivity contribution is -0.118. The monoisotopic (exact) mass is 279 g/mol. The molecule has 0 saturated heterocycles. The molecular formula is C18H17NO2. The SMILES string of the molecule is CC(=O)/C(=C\c1ccccc1)C(=O)Nc1cccc(C)c1. The maximum absolute atomic E-state index is 12.3. The Labute approximate surface area is 124 Å². The highest BCUT2D eigenvalue weighted by Gasteiger charge is 2.14. The maximum atomic E-state index is 12.3. The number of benzene rings is 2. The molecule has 0 atom stereocenters. The van der Waals surface area contributed by atoms with Crippen LogP contribution in [0, 0.1) is 6.92 Å². The Hall–Kier alpha value is -2.68. The van der Waals surface area contributed by atoms with E-state index in [1.165, 1.54) is 6.92 Å². The van der Waals surface area contributed by atoms with Gasteiger partial charge in [0.25, 0.3) is 5.91 Å². The van der Waals surface area contributed by atoms with E-state index in [1.54, 1.807) is 12.1 Å². The van der Waals surface area contributed by atoms with Gasteiger partial charge in [-0.2, -0.15) is 0 Å². The minimum atomic E-state index is -0.392. The summed E-state index contributed by atoms with van der Waals surface area (Å²) in [6.07, 6.45) is 1.60. The molecule has 3 nitrogen and oxygen atoms in total. The van der Waals surface area contributed by atoms with Crippen molar-refractivity contribution in [3.63, 3.8) is 0 Å². The third kappa shape index (κ3) is 4.14. The van der Waals surface area contributed by atoms with Crippen LogP contribution in [-0.2, 0) is 9.59 Å². The second-order valence-electron chi connectivity index (χ2n) is 4.85. The summed E-state index contributed by atoms with van der Waals surface area (Å²) < 4.78 is 0. The smallest absolute Gasteiger partial charge is 0.259 e. The van der Waals surface area contributed by atoms with E-state index in [4.69, 9.17) is 0 Å². The molecule has 0 aliphatic carbocycles. The molecule has 106 valence electrons. The van der Waals surface area contributed by atoms with Crippen LogP contribution in [0.3, 0.4) is 0 Å². The predicted octanol–water partition coefficient (Wildman–Crippen LogP) is 3.61. The molecule has 1 N–H and O–H groups in total. The van der Waals surface area contributed by atoms with E-state index in [-0.39, 0.29) is 11.4 Å². The van der Waals surface area contributed by atoms with Gasteiger partial charge >= 0.3 is 0 Å². The average Bonchev–Trinajstić information content (AvgIpc) is 2.45. The zero-order valence-corrected chi connectivity index (χ0v) is 12.1. The van der Waals surface area contributed by atoms with Gasteiger partial charge in [-0.25, -0.2) is 0 Å². The number of aryl methyl sites for hydroxylation is 1. The average molecular weight is 279 g/mol. The molecule has 3 heteroatoms. The molecule has 0 saturated carbocycles. The Morgan fingerprint density at radius 1 is 1.00 bits per heavy atom. The number of nitrogens with one attached hydrogen (secondary N) is 1. The lowest BCUT2D eigenvalue weighted by Gasteiger charge is -2.07. The Morgan fingerprint density at radius 3 is 2.33 bits per heavy atom. The summed E-state index contributed by atoms with van der Waals surface area (Å²) in [6, 6.07) is 16.8. The van der Waals surface area contributed by atoms with Crippen molar-refractivity contribution in [1.29, 1.82) is 0 Å². The van der Waals surface area contributed by atoms with Crippen molar-refractivity contribution < 1.29 is 9.59 Å². The van der Waals surface area contributed by atoms with Crippen molar-refractivity contribution in [3.8, 4) is 0 Å². The van der Waals surface area contributed by atoms with Crippen LogP contribution in [0.5, 0.6) is 0 Å². The normalized spacial score (nSPS) is 11.0. The molecule has 1 amide bonds. The zero-order valence-electron chi connectivity index (χ0n) is 12.1. The molecule has 2 rings (SSSR count). The van der Waals surface area contributed by atoms with E-state index >= 15 is 0 Å². The molecule has 0 radical (unpaired) electrons. The van der Waals surface area contributed by atoms with Crippen molar-refractivity contribution >= 4 is 23.5 Å². The van der Waals surface area contributed by atoms with E-state index in [0.29, 0.717) is 5.69 Å². The van der Waals surface area contributed by atoms with Crippen LogP contribution in [0.25, 0.3) is 6.08 Å². The van der Waals surface area contributed by atoms with Crippen LogP contribution in [0.1, 0.15) is 18.1 Å². The molecule has 2 aromatic carbocycles. The van der Waals surface area contributed by atoms with Crippen molar-refractivity contribution in [2.75, 3.05) is 5.32 Å². The molecule has 0 bridgehead atoms. The largest absolute Gasteiger partial charge is 0.322 e. The Bertz CT molecular complexity index is 687. The third-order valence-electron chi connectivity index (χ3n) is 3.01. The van der Waals surface area contributed by atoms with Crippen LogP contribution >= 0.6 is 0 Å². The maximum Gasteiger partial charge on any atom is 0.259 e. The summed E-state index contributed by atoms with van der Waals surface area (Å²) in [7, 11) is 0. The first kappa shape index (κ1) is 14.7. The zero-order chi connectivity index (χ0) is 15.2. The molecular weight excluding hydrogens is 262 g/mol. The van der Waals surface area contributed by atoms with Crippen LogP contribution in [0.15, 0.2) is 60.2 Å². The highest BCUT2D eigenvalue weighted by Crippen LogP contribution is 2.13. The number of Topliss-reactive ketones (excluding diaryl/α,β-unsaturated/α-hetero) is 1. The molecule has 0 aliphatic heterocycles. The molecule has 0 heterocycles. The first-order valence-electron chi connectivity index (χ1n) is 6.72. The van der Waals surface area contributed by atoms with E-state index < -0.39 is 5.91 Å². The molecule has 0 aliphatic rings. The van der Waals surface area contributed by atoms with Gasteiger partial charge in [-0.3, -0.25) is 9.59 Å². The quantitative estimate of drug-likeness (QED) is 0.528. The van der Waals surface area contributed by atoms with Crippen LogP contribution < -0.4 is 5.32 Å². The molecule has 0 aromatic heterocycles. The van der Waals surface area contributed by atoms with Gasteiger partial charge < -0.3 is 5.32 Å². The summed E-state index contributed by atoms with van der Waals surface area (Å²) in [5, 5.41) is 2.76. The summed E-state index contributed by atoms with van der Waals surface area (Å²) in [6.45, 7) is 3.34. The summed E-state index contributed by atoms with van der Waals surface area (Å²) >= 11 is 0. The summed E-state index contributed by atoms with van der Waals surface area (Å²) in [4.78, 5) is 24.0. The summed E-state index contributed by atoms with van der Waals surface area (Å²) in [5.74, 6) is -0.652. The van der Waals surface area contributed by atoms with Gasteiger partial charge in [0.1, 0.15) is 0 Å². The van der Waals surface area contributed by atoms with Crippen molar-refractivity contribution in [2.45, 2.75) is 13.8 Å². The molecule has 0 spiro atoms. The van der Waals surface area contributed by atoms with E-state index in [2.05, 4.69) is 5.32 Å². The van der Waals surface area contributed by atoms with Crippen LogP contribution in [0.4, 0.5) is 5.69 Å². The number of hydrogen-bond donors (Lipinski definition) is 1. The molecule has 0 unspecified atom stereocenters. The van der Waals surface area contributed by atoms with Crippen molar-refractivity contribution in [1.82, 2.24) is 0 Å². The number of hydrogen-bond acceptors (Lipinski definition) is 2. The number of ketones is 1. The van der Waals surface area contributed by atoms with Gasteiger partial charge in [-0.15, -0.1) is 0 Å². The fraction of sp³-hybridized carbons (Fsp3) is 0.111. The fourth-order valence-corrected chi connectivity index (χ4v) is 1.96. The van der Waals surface area contributed by atoms with Crippen LogP contribution in [-0.4, -0.2) is 11.7 Å². The fourth-order valence-electron chi connectivity index (χ4n) is 1.96. The molecule has 0 fully saturated rings. The highest BCUT2D eigenvalue weighted by molar-refractivity contribution is 6.25. The number of rotatable bonds is 4. The Balaban J connectivity index is 2.25. The molecule has 2 aromatic rings. The number of anilines is 1. The first-order chi connectivity index (χ1) is 10.1. The second kappa shape index (κ2) is 6.66. The minimum absolute atomic E-state index is 0.141. The van der Waals surface area contributed by atoms with Gasteiger partial charge in [0, 0.05) is 5.69 Å². The standard InChI is InChI=1S/C18H17NO2/c1-13-7-6-10-16(11-13)19-18(21)17(14(2)20)12-15-8-4-3-5-9-15/h3-12H,1-2H3,(H,19,21)/b17-12+. The topological polar surface area (TPSA) is 46.2 Å².